The Morgan fingerprint density at radius 1 is 1.13 bits per heavy atom. The highest BCUT2D eigenvalue weighted by Gasteiger charge is 2.25. The molecule has 12 nitrogen and oxygen atoms in total. The first kappa shape index (κ1) is 25.7. The largest absolute Gasteiger partial charge is 0.506 e. The first-order valence-corrected chi connectivity index (χ1v) is 13.4. The number of nitrogens with one attached hydrogen (secondary N) is 1. The second-order valence-electron chi connectivity index (χ2n) is 8.33. The van der Waals surface area contributed by atoms with Crippen LogP contribution in [0.1, 0.15) is 24.0 Å². The predicted octanol–water partition coefficient (Wildman–Crippen LogP) is 3.27. The van der Waals surface area contributed by atoms with Crippen LogP contribution in [-0.2, 0) is 20.5 Å². The van der Waals surface area contributed by atoms with Crippen LogP contribution in [0.2, 0.25) is 0 Å². The molecular weight excluding hydrogens is 522 g/mol. The van der Waals surface area contributed by atoms with E-state index in [0.29, 0.717) is 23.9 Å². The van der Waals surface area contributed by atoms with E-state index >= 15 is 0 Å². The Hall–Kier alpha value is -4.96. The summed E-state index contributed by atoms with van der Waals surface area (Å²) >= 11 is 0. The van der Waals surface area contributed by atoms with Crippen LogP contribution in [0, 0.1) is 6.92 Å². The lowest BCUT2D eigenvalue weighted by molar-refractivity contribution is 0.330. The van der Waals surface area contributed by atoms with Gasteiger partial charge in [0.05, 0.1) is 31.7 Å². The average molecular weight is 546 g/mol. The van der Waals surface area contributed by atoms with Crippen molar-refractivity contribution in [2.24, 2.45) is 4.99 Å². The standard InChI is InChI=1S/C26H23N7O5S/c1-4-38-22-10-5-7-18(29-22)25-31-24-26(33(25)23-19(34)8-6-9-20(23)37-3)30-21(14-28-24)32-39(35,36)15-17-12-11-16(2)13-27-17/h6,8-14,34H,4,15H2,1-3H3,(H,30,32). The summed E-state index contributed by atoms with van der Waals surface area (Å²) in [5, 5.41) is 10.8. The molecule has 5 rings (SSSR count). The molecule has 4 heterocycles. The van der Waals surface area contributed by atoms with E-state index in [1.807, 2.05) is 13.8 Å². The first-order chi connectivity index (χ1) is 18.8. The van der Waals surface area contributed by atoms with Crippen molar-refractivity contribution in [3.05, 3.63) is 77.3 Å². The Morgan fingerprint density at radius 3 is 2.72 bits per heavy atom. The summed E-state index contributed by atoms with van der Waals surface area (Å²) in [6, 6.07) is 8.17. The minimum absolute atomic E-state index is 0.0525. The maximum Gasteiger partial charge on any atom is 0.239 e. The lowest BCUT2D eigenvalue weighted by Gasteiger charge is -2.14. The molecule has 39 heavy (non-hydrogen) atoms. The maximum atomic E-state index is 12.9. The van der Waals surface area contributed by atoms with Gasteiger partial charge in [0, 0.05) is 6.20 Å². The monoisotopic (exact) mass is 545 g/mol. The molecule has 0 unspecified atom stereocenters. The van der Waals surface area contributed by atoms with Gasteiger partial charge in [0.25, 0.3) is 0 Å². The van der Waals surface area contributed by atoms with Crippen LogP contribution < -0.4 is 9.46 Å². The number of para-hydroxylation sites is 1. The van der Waals surface area contributed by atoms with Crippen LogP contribution in [0.3, 0.4) is 0 Å². The molecule has 2 N–H and O–H groups in total. The van der Waals surface area contributed by atoms with E-state index in [1.54, 1.807) is 30.5 Å². The van der Waals surface area contributed by atoms with Gasteiger partial charge in [-0.15, -0.1) is 0 Å². The molecule has 3 aromatic heterocycles. The zero-order valence-electron chi connectivity index (χ0n) is 21.2. The van der Waals surface area contributed by atoms with Crippen LogP contribution >= 0.6 is 0 Å². The number of aromatic hydroxyl groups is 1. The molecule has 0 saturated heterocycles. The highest BCUT2D eigenvalue weighted by molar-refractivity contribution is 7.91. The third kappa shape index (κ3) is 5.36. The molecule has 0 aliphatic carbocycles. The molecule has 1 aliphatic rings. The van der Waals surface area contributed by atoms with Gasteiger partial charge in [-0.3, -0.25) is 14.3 Å². The average Bonchev–Trinajstić information content (AvgIpc) is 3.28. The van der Waals surface area contributed by atoms with Crippen LogP contribution in [0.4, 0.5) is 5.82 Å². The number of fused-ring (bicyclic) bond motifs is 1. The number of phenolic OH excluding ortho intramolecular Hbond substituents is 1. The van der Waals surface area contributed by atoms with Crippen LogP contribution in [0.25, 0.3) is 22.7 Å². The number of aromatic nitrogens is 5. The lowest BCUT2D eigenvalue weighted by atomic mass is 10.2. The molecule has 4 aromatic rings. The van der Waals surface area contributed by atoms with Gasteiger partial charge in [-0.05, 0) is 43.3 Å². The zero-order chi connectivity index (χ0) is 27.6. The molecule has 13 heteroatoms. The van der Waals surface area contributed by atoms with E-state index in [9.17, 15) is 13.5 Å². The fraction of sp³-hybridized carbons (Fsp3) is 0.192. The number of sulfonamides is 1. The number of hydrogen-bond donors (Lipinski definition) is 2. The molecule has 1 aliphatic heterocycles. The van der Waals surface area contributed by atoms with Gasteiger partial charge in [-0.1, -0.05) is 17.9 Å². The molecule has 1 aromatic carbocycles. The summed E-state index contributed by atoms with van der Waals surface area (Å²) < 4.78 is 40.7. The van der Waals surface area contributed by atoms with E-state index in [1.165, 1.54) is 30.0 Å². The van der Waals surface area contributed by atoms with Crippen molar-refractivity contribution in [3.8, 4) is 17.2 Å². The molecule has 0 spiro atoms. The first-order valence-electron chi connectivity index (χ1n) is 11.8. The Labute approximate surface area is 223 Å². The number of aliphatic imine (C=N–C) groups is 1. The van der Waals surface area contributed by atoms with Crippen molar-refractivity contribution in [2.75, 3.05) is 18.4 Å². The maximum absolute atomic E-state index is 12.9. The van der Waals surface area contributed by atoms with Crippen molar-refractivity contribution in [2.45, 2.75) is 19.6 Å². The van der Waals surface area contributed by atoms with E-state index in [-0.39, 0.29) is 45.8 Å². The molecule has 0 saturated carbocycles. The van der Waals surface area contributed by atoms with Crippen LogP contribution in [0.15, 0.2) is 65.3 Å². The summed E-state index contributed by atoms with van der Waals surface area (Å²) in [6.07, 6.45) is 4.39. The van der Waals surface area contributed by atoms with E-state index in [0.717, 1.165) is 5.56 Å². The Balaban J connectivity index is 1.65. The number of benzene rings is 1. The summed E-state index contributed by atoms with van der Waals surface area (Å²) in [6.45, 7) is 4.08. The molecule has 0 fully saturated rings. The van der Waals surface area contributed by atoms with Gasteiger partial charge < -0.3 is 14.6 Å². The second kappa shape index (κ2) is 10.4. The number of nitrogens with zero attached hydrogens (tertiary/aromatic N) is 6. The predicted molar refractivity (Wildman–Crippen MR) is 144 cm³/mol. The SMILES string of the molecule is CCOC1=NC(c2nc3ncc(NS(=O)(=O)Cc4ccc(C)cn4)nc3n2-c2c(O)cccc2OC)=C=C=C1. The number of anilines is 1. The fourth-order valence-electron chi connectivity index (χ4n) is 3.81. The third-order valence-corrected chi connectivity index (χ3v) is 6.67. The van der Waals surface area contributed by atoms with Gasteiger partial charge in [0.1, 0.15) is 22.9 Å². The summed E-state index contributed by atoms with van der Waals surface area (Å²) in [5.74, 6) is 0.253. The number of aryl methyl sites for hydroxylation is 1. The summed E-state index contributed by atoms with van der Waals surface area (Å²) in [5.41, 5.74) is 7.78. The highest BCUT2D eigenvalue weighted by atomic mass is 32.2. The molecule has 0 amide bonds. The van der Waals surface area contributed by atoms with E-state index in [2.05, 4.69) is 41.1 Å². The molecule has 0 atom stereocenters. The Bertz CT molecular complexity index is 1820. The summed E-state index contributed by atoms with van der Waals surface area (Å²) in [7, 11) is -2.43. The topological polar surface area (TPSA) is 154 Å². The van der Waals surface area contributed by atoms with Gasteiger partial charge in [0.2, 0.25) is 15.9 Å². The molecule has 0 radical (unpaired) electrons. The Morgan fingerprint density at radius 2 is 1.97 bits per heavy atom. The summed E-state index contributed by atoms with van der Waals surface area (Å²) in [4.78, 5) is 22.0. The zero-order valence-corrected chi connectivity index (χ0v) is 22.0. The van der Waals surface area contributed by atoms with Gasteiger partial charge in [0.15, 0.2) is 28.6 Å². The normalized spacial score (nSPS) is 12.8. The number of ether oxygens (including phenoxy) is 2. The quantitative estimate of drug-likeness (QED) is 0.318. The number of imidazole rings is 1. The van der Waals surface area contributed by atoms with Gasteiger partial charge in [-0.2, -0.15) is 0 Å². The molecule has 198 valence electrons. The van der Waals surface area contributed by atoms with Gasteiger partial charge in [-0.25, -0.2) is 28.4 Å². The van der Waals surface area contributed by atoms with Crippen LogP contribution in [0.5, 0.6) is 11.5 Å². The fourth-order valence-corrected chi connectivity index (χ4v) is 4.86. The molecule has 0 bridgehead atoms. The minimum Gasteiger partial charge on any atom is -0.506 e. The van der Waals surface area contributed by atoms with Crippen molar-refractivity contribution in [1.29, 1.82) is 0 Å². The second-order valence-corrected chi connectivity index (χ2v) is 10.1. The smallest absolute Gasteiger partial charge is 0.239 e. The van der Waals surface area contributed by atoms with Crippen molar-refractivity contribution >= 4 is 38.7 Å². The number of methoxy groups -OCH3 is 1. The minimum atomic E-state index is -3.88. The number of hydrogen-bond acceptors (Lipinski definition) is 10. The van der Waals surface area contributed by atoms with E-state index in [4.69, 9.17) is 9.47 Å². The van der Waals surface area contributed by atoms with Gasteiger partial charge >= 0.3 is 0 Å². The number of pyridine rings is 1. The molecular formula is C26H23N7O5S. The lowest BCUT2D eigenvalue weighted by Crippen LogP contribution is -2.17. The highest BCUT2D eigenvalue weighted by Crippen LogP contribution is 2.36. The number of phenols is 1. The van der Waals surface area contributed by atoms with Crippen LogP contribution in [-0.4, -0.2) is 57.6 Å². The van der Waals surface area contributed by atoms with Crippen molar-refractivity contribution < 1.29 is 23.0 Å². The Kier molecular flexibility index (Phi) is 6.86. The van der Waals surface area contributed by atoms with Crippen molar-refractivity contribution in [3.63, 3.8) is 0 Å². The third-order valence-electron chi connectivity index (χ3n) is 5.47. The number of rotatable bonds is 8. The van der Waals surface area contributed by atoms with Crippen molar-refractivity contribution in [1.82, 2.24) is 24.5 Å². The van der Waals surface area contributed by atoms with E-state index < -0.39 is 10.0 Å².